The molecule has 0 saturated heterocycles. The molecule has 35 heavy (non-hydrogen) atoms. The van der Waals surface area contributed by atoms with Crippen LogP contribution in [0.4, 0.5) is 5.69 Å². The van der Waals surface area contributed by atoms with Crippen molar-refractivity contribution >= 4 is 37.5 Å². The van der Waals surface area contributed by atoms with E-state index in [0.29, 0.717) is 16.5 Å². The van der Waals surface area contributed by atoms with E-state index < -0.39 is 10.0 Å². The number of anilines is 1. The minimum absolute atomic E-state index is 0.253. The summed E-state index contributed by atoms with van der Waals surface area (Å²) in [7, 11) is -3.77. The normalized spacial score (nSPS) is 16.6. The molecule has 4 aromatic rings. The van der Waals surface area contributed by atoms with Gasteiger partial charge in [-0.1, -0.05) is 69.2 Å². The van der Waals surface area contributed by atoms with Crippen molar-refractivity contribution in [2.45, 2.75) is 72.1 Å². The van der Waals surface area contributed by atoms with Crippen molar-refractivity contribution in [3.8, 4) is 0 Å². The molecule has 5 rings (SSSR count). The Kier molecular flexibility index (Phi) is 5.75. The molecular formula is C30H35NO3S. The molecule has 0 saturated carbocycles. The van der Waals surface area contributed by atoms with E-state index >= 15 is 0 Å². The van der Waals surface area contributed by atoms with E-state index in [-0.39, 0.29) is 5.41 Å². The average molecular weight is 490 g/mol. The van der Waals surface area contributed by atoms with Crippen molar-refractivity contribution in [3.63, 3.8) is 0 Å². The molecule has 0 radical (unpaired) electrons. The zero-order valence-electron chi connectivity index (χ0n) is 21.6. The molecule has 1 atom stereocenters. The van der Waals surface area contributed by atoms with Crippen LogP contribution in [0.1, 0.15) is 61.6 Å². The number of sulfonamides is 1. The first-order valence-corrected chi connectivity index (χ1v) is 14.1. The topological polar surface area (TPSA) is 59.3 Å². The maximum absolute atomic E-state index is 13.6. The van der Waals surface area contributed by atoms with Gasteiger partial charge in [0.25, 0.3) is 10.0 Å². The minimum Gasteiger partial charge on any atom is -0.460 e. The minimum atomic E-state index is -3.77. The van der Waals surface area contributed by atoms with Gasteiger partial charge in [-0.05, 0) is 62.1 Å². The Labute approximate surface area is 208 Å². The summed E-state index contributed by atoms with van der Waals surface area (Å²) in [5, 5.41) is 2.83. The fourth-order valence-electron chi connectivity index (χ4n) is 5.92. The van der Waals surface area contributed by atoms with Gasteiger partial charge in [-0.25, -0.2) is 8.42 Å². The lowest BCUT2D eigenvalue weighted by Crippen LogP contribution is -2.28. The number of benzene rings is 3. The molecule has 0 unspecified atom stereocenters. The molecular weight excluding hydrogens is 454 g/mol. The quantitative estimate of drug-likeness (QED) is 0.310. The SMILES string of the molecule is CCC(C)(C)[C@H]1CCc2oc3c(cc(NS(=O)(=O)c4c(C)cc(C)cc4C)c4ccccc43)c2C1. The third kappa shape index (κ3) is 4.04. The zero-order valence-corrected chi connectivity index (χ0v) is 22.4. The highest BCUT2D eigenvalue weighted by atomic mass is 32.2. The van der Waals surface area contributed by atoms with Gasteiger partial charge in [-0.2, -0.15) is 0 Å². The van der Waals surface area contributed by atoms with Crippen molar-refractivity contribution in [2.24, 2.45) is 11.3 Å². The molecule has 1 N–H and O–H groups in total. The summed E-state index contributed by atoms with van der Waals surface area (Å²) in [5.41, 5.74) is 5.53. The van der Waals surface area contributed by atoms with E-state index in [9.17, 15) is 8.42 Å². The van der Waals surface area contributed by atoms with Crippen LogP contribution in [0, 0.1) is 32.1 Å². The molecule has 0 bridgehead atoms. The fourth-order valence-corrected chi connectivity index (χ4v) is 7.45. The lowest BCUT2D eigenvalue weighted by molar-refractivity contribution is 0.179. The number of furan rings is 1. The number of hydrogen-bond donors (Lipinski definition) is 1. The first kappa shape index (κ1) is 23.9. The number of fused-ring (bicyclic) bond motifs is 5. The third-order valence-electron chi connectivity index (χ3n) is 8.19. The Balaban J connectivity index is 1.67. The highest BCUT2D eigenvalue weighted by Gasteiger charge is 2.34. The summed E-state index contributed by atoms with van der Waals surface area (Å²) in [5.74, 6) is 1.63. The molecule has 0 aliphatic heterocycles. The van der Waals surface area contributed by atoms with Crippen LogP contribution in [-0.4, -0.2) is 8.42 Å². The van der Waals surface area contributed by atoms with E-state index in [1.807, 2.05) is 63.2 Å². The van der Waals surface area contributed by atoms with Crippen LogP contribution in [-0.2, 0) is 22.9 Å². The van der Waals surface area contributed by atoms with Crippen molar-refractivity contribution < 1.29 is 12.8 Å². The van der Waals surface area contributed by atoms with Gasteiger partial charge in [0.1, 0.15) is 11.3 Å². The third-order valence-corrected chi connectivity index (χ3v) is 9.86. The van der Waals surface area contributed by atoms with Crippen LogP contribution in [0.15, 0.2) is 51.8 Å². The molecule has 1 aliphatic rings. The molecule has 5 heteroatoms. The van der Waals surface area contributed by atoms with E-state index in [2.05, 4.69) is 25.5 Å². The van der Waals surface area contributed by atoms with Crippen LogP contribution in [0.2, 0.25) is 0 Å². The van der Waals surface area contributed by atoms with Crippen LogP contribution in [0.5, 0.6) is 0 Å². The van der Waals surface area contributed by atoms with Crippen LogP contribution in [0.25, 0.3) is 21.7 Å². The Bertz CT molecular complexity index is 1540. The van der Waals surface area contributed by atoms with Crippen molar-refractivity contribution in [1.82, 2.24) is 0 Å². The van der Waals surface area contributed by atoms with Gasteiger partial charge in [0.15, 0.2) is 0 Å². The second-order valence-corrected chi connectivity index (χ2v) is 12.6. The number of hydrogen-bond acceptors (Lipinski definition) is 3. The molecule has 1 heterocycles. The highest BCUT2D eigenvalue weighted by Crippen LogP contribution is 2.45. The lowest BCUT2D eigenvalue weighted by atomic mass is 9.69. The van der Waals surface area contributed by atoms with Gasteiger partial charge < -0.3 is 4.42 Å². The second-order valence-electron chi connectivity index (χ2n) is 11.0. The monoisotopic (exact) mass is 489 g/mol. The molecule has 0 fully saturated rings. The molecule has 0 spiro atoms. The van der Waals surface area contributed by atoms with Crippen molar-refractivity contribution in [1.29, 1.82) is 0 Å². The van der Waals surface area contributed by atoms with E-state index in [1.54, 1.807) is 0 Å². The molecule has 184 valence electrons. The number of nitrogens with one attached hydrogen (secondary N) is 1. The second kappa shape index (κ2) is 8.41. The van der Waals surface area contributed by atoms with Crippen LogP contribution in [0.3, 0.4) is 0 Å². The molecule has 1 aliphatic carbocycles. The maximum Gasteiger partial charge on any atom is 0.262 e. The standard InChI is InChI=1S/C30H35NO3S/c1-7-30(5,6)21-12-13-27-24(16-21)25-17-26(22-10-8-9-11-23(22)28(25)34-27)31-35(32,33)29-19(3)14-18(2)15-20(29)4/h8-11,14-15,17,21,31H,7,12-13,16H2,1-6H3/t21-/m0/s1. The molecule has 3 aromatic carbocycles. The Morgan fingerprint density at radius 3 is 2.31 bits per heavy atom. The van der Waals surface area contributed by atoms with E-state index in [0.717, 1.165) is 69.9 Å². The van der Waals surface area contributed by atoms with Crippen LogP contribution < -0.4 is 4.72 Å². The van der Waals surface area contributed by atoms with Crippen LogP contribution >= 0.6 is 0 Å². The molecule has 0 amide bonds. The number of rotatable bonds is 5. The first-order chi connectivity index (χ1) is 16.5. The summed E-state index contributed by atoms with van der Waals surface area (Å²) < 4.78 is 36.7. The summed E-state index contributed by atoms with van der Waals surface area (Å²) in [4.78, 5) is 0.353. The van der Waals surface area contributed by atoms with E-state index in [1.165, 1.54) is 5.56 Å². The lowest BCUT2D eigenvalue weighted by Gasteiger charge is -2.36. The Morgan fingerprint density at radius 2 is 1.66 bits per heavy atom. The summed E-state index contributed by atoms with van der Waals surface area (Å²) >= 11 is 0. The summed E-state index contributed by atoms with van der Waals surface area (Å²) in [6.07, 6.45) is 4.14. The smallest absolute Gasteiger partial charge is 0.262 e. The zero-order chi connectivity index (χ0) is 25.1. The summed E-state index contributed by atoms with van der Waals surface area (Å²) in [6.45, 7) is 12.7. The largest absolute Gasteiger partial charge is 0.460 e. The van der Waals surface area contributed by atoms with Crippen molar-refractivity contribution in [2.75, 3.05) is 4.72 Å². The van der Waals surface area contributed by atoms with Gasteiger partial charge in [0.2, 0.25) is 0 Å². The highest BCUT2D eigenvalue weighted by molar-refractivity contribution is 7.92. The first-order valence-electron chi connectivity index (χ1n) is 12.6. The van der Waals surface area contributed by atoms with Gasteiger partial charge >= 0.3 is 0 Å². The predicted molar refractivity (Wildman–Crippen MR) is 145 cm³/mol. The van der Waals surface area contributed by atoms with Gasteiger partial charge in [-0.15, -0.1) is 0 Å². The molecule has 4 nitrogen and oxygen atoms in total. The van der Waals surface area contributed by atoms with Gasteiger partial charge in [-0.3, -0.25) is 4.72 Å². The molecule has 1 aromatic heterocycles. The van der Waals surface area contributed by atoms with Gasteiger partial charge in [0.05, 0.1) is 10.6 Å². The number of aryl methyl sites for hydroxylation is 4. The summed E-state index contributed by atoms with van der Waals surface area (Å²) in [6, 6.07) is 13.8. The van der Waals surface area contributed by atoms with E-state index in [4.69, 9.17) is 4.42 Å². The fraction of sp³-hybridized carbons (Fsp3) is 0.400. The van der Waals surface area contributed by atoms with Gasteiger partial charge in [0, 0.05) is 28.1 Å². The predicted octanol–water partition coefficient (Wildman–Crippen LogP) is 7.85. The Hall–Kier alpha value is -2.79. The Morgan fingerprint density at radius 1 is 1.00 bits per heavy atom. The van der Waals surface area contributed by atoms with Crippen molar-refractivity contribution in [3.05, 3.63) is 70.5 Å². The average Bonchev–Trinajstić information content (AvgIpc) is 3.16. The maximum atomic E-state index is 13.6.